The molecular weight excluding hydrogens is 290 g/mol. The van der Waals surface area contributed by atoms with Crippen LogP contribution in [0.25, 0.3) is 0 Å². The van der Waals surface area contributed by atoms with E-state index in [0.29, 0.717) is 12.0 Å². The molecule has 1 aromatic heterocycles. The average Bonchev–Trinajstić information content (AvgIpc) is 2.81. The van der Waals surface area contributed by atoms with Crippen molar-refractivity contribution in [2.75, 3.05) is 12.8 Å². The predicted octanol–water partition coefficient (Wildman–Crippen LogP) is 3.31. The summed E-state index contributed by atoms with van der Waals surface area (Å²) in [4.78, 5) is 1.38. The minimum Gasteiger partial charge on any atom is -0.309 e. The first-order chi connectivity index (χ1) is 9.43. The van der Waals surface area contributed by atoms with E-state index in [9.17, 15) is 8.42 Å². The lowest BCUT2D eigenvalue weighted by Crippen LogP contribution is -2.35. The molecule has 3 nitrogen and oxygen atoms in total. The highest BCUT2D eigenvalue weighted by Gasteiger charge is 2.34. The minimum atomic E-state index is -2.91. The Labute approximate surface area is 126 Å². The zero-order chi connectivity index (χ0) is 14.8. The van der Waals surface area contributed by atoms with E-state index in [1.807, 2.05) is 0 Å². The lowest BCUT2D eigenvalue weighted by molar-refractivity contribution is 0.278. The molecule has 1 aliphatic carbocycles. The van der Waals surface area contributed by atoms with E-state index < -0.39 is 9.84 Å². The van der Waals surface area contributed by atoms with E-state index in [-0.39, 0.29) is 5.25 Å². The monoisotopic (exact) mass is 315 g/mol. The molecular formula is C15H25NO2S2. The van der Waals surface area contributed by atoms with Crippen LogP contribution < -0.4 is 5.32 Å². The van der Waals surface area contributed by atoms with Crippen LogP contribution >= 0.6 is 11.3 Å². The van der Waals surface area contributed by atoms with Crippen molar-refractivity contribution in [1.29, 1.82) is 0 Å². The molecule has 1 fully saturated rings. The second-order valence-corrected chi connectivity index (χ2v) is 9.15. The molecule has 3 atom stereocenters. The highest BCUT2D eigenvalue weighted by molar-refractivity contribution is 7.91. The minimum absolute atomic E-state index is 0.150. The van der Waals surface area contributed by atoms with Crippen LogP contribution in [0.5, 0.6) is 0 Å². The van der Waals surface area contributed by atoms with Crippen molar-refractivity contribution in [2.45, 2.75) is 50.8 Å². The lowest BCUT2D eigenvalue weighted by atomic mass is 9.82. The van der Waals surface area contributed by atoms with Gasteiger partial charge in [0.05, 0.1) is 5.25 Å². The van der Waals surface area contributed by atoms with Crippen LogP contribution in [0.3, 0.4) is 0 Å². The SMILES string of the molecule is CCNC(c1sccc1C)C1CCCC(S(C)(=O)=O)C1. The molecule has 114 valence electrons. The van der Waals surface area contributed by atoms with Crippen LogP contribution in [-0.2, 0) is 9.84 Å². The second kappa shape index (κ2) is 6.58. The molecule has 3 unspecified atom stereocenters. The Hall–Kier alpha value is -0.390. The lowest BCUT2D eigenvalue weighted by Gasteiger charge is -2.34. The van der Waals surface area contributed by atoms with Crippen molar-refractivity contribution >= 4 is 21.2 Å². The molecule has 1 aromatic rings. The third-order valence-corrected chi connectivity index (χ3v) is 7.09. The van der Waals surface area contributed by atoms with Gasteiger partial charge < -0.3 is 5.32 Å². The quantitative estimate of drug-likeness (QED) is 0.907. The Balaban J connectivity index is 2.19. The molecule has 0 aromatic carbocycles. The van der Waals surface area contributed by atoms with Crippen LogP contribution in [0.1, 0.15) is 49.1 Å². The van der Waals surface area contributed by atoms with Gasteiger partial charge in [0.25, 0.3) is 0 Å². The summed E-state index contributed by atoms with van der Waals surface area (Å²) in [6, 6.07) is 2.46. The van der Waals surface area contributed by atoms with Gasteiger partial charge in [0.1, 0.15) is 9.84 Å². The van der Waals surface area contributed by atoms with E-state index in [4.69, 9.17) is 0 Å². The zero-order valence-corrected chi connectivity index (χ0v) is 14.2. The Kier molecular flexibility index (Phi) is 5.26. The molecule has 0 radical (unpaired) electrons. The number of rotatable bonds is 5. The van der Waals surface area contributed by atoms with E-state index in [1.165, 1.54) is 16.7 Å². The van der Waals surface area contributed by atoms with Crippen LogP contribution in [0.2, 0.25) is 0 Å². The molecule has 1 heterocycles. The third-order valence-electron chi connectivity index (χ3n) is 4.35. The first-order valence-electron chi connectivity index (χ1n) is 7.39. The number of sulfone groups is 1. The molecule has 5 heteroatoms. The van der Waals surface area contributed by atoms with Gasteiger partial charge in [-0.1, -0.05) is 13.3 Å². The molecule has 1 N–H and O–H groups in total. The van der Waals surface area contributed by atoms with Crippen molar-refractivity contribution in [3.05, 3.63) is 21.9 Å². The second-order valence-electron chi connectivity index (χ2n) is 5.88. The number of hydrogen-bond donors (Lipinski definition) is 1. The summed E-state index contributed by atoms with van der Waals surface area (Å²) in [6.45, 7) is 5.18. The highest BCUT2D eigenvalue weighted by atomic mass is 32.2. The number of hydrogen-bond acceptors (Lipinski definition) is 4. The molecule has 1 saturated carbocycles. The number of thiophene rings is 1. The molecule has 2 rings (SSSR count). The zero-order valence-electron chi connectivity index (χ0n) is 12.6. The third kappa shape index (κ3) is 3.62. The Morgan fingerprint density at radius 3 is 2.75 bits per heavy atom. The summed E-state index contributed by atoms with van der Waals surface area (Å²) in [7, 11) is -2.91. The van der Waals surface area contributed by atoms with Crippen molar-refractivity contribution in [2.24, 2.45) is 5.92 Å². The predicted molar refractivity (Wildman–Crippen MR) is 86.1 cm³/mol. The van der Waals surface area contributed by atoms with Gasteiger partial charge >= 0.3 is 0 Å². The van der Waals surface area contributed by atoms with Gasteiger partial charge in [-0.3, -0.25) is 0 Å². The summed E-state index contributed by atoms with van der Waals surface area (Å²) < 4.78 is 23.7. The number of aryl methyl sites for hydroxylation is 1. The van der Waals surface area contributed by atoms with Gasteiger partial charge in [-0.25, -0.2) is 8.42 Å². The van der Waals surface area contributed by atoms with E-state index >= 15 is 0 Å². The molecule has 20 heavy (non-hydrogen) atoms. The van der Waals surface area contributed by atoms with E-state index in [0.717, 1.165) is 32.2 Å². The number of nitrogens with one attached hydrogen (secondary N) is 1. The fourth-order valence-corrected chi connectivity index (χ4v) is 5.56. The Morgan fingerprint density at radius 1 is 1.45 bits per heavy atom. The molecule has 1 aliphatic rings. The van der Waals surface area contributed by atoms with Gasteiger partial charge in [0.15, 0.2) is 0 Å². The van der Waals surface area contributed by atoms with Crippen molar-refractivity contribution in [3.63, 3.8) is 0 Å². The van der Waals surface area contributed by atoms with Crippen LogP contribution in [0.4, 0.5) is 0 Å². The highest BCUT2D eigenvalue weighted by Crippen LogP contribution is 2.39. The van der Waals surface area contributed by atoms with Gasteiger partial charge in [-0.05, 0) is 55.7 Å². The summed E-state index contributed by atoms with van der Waals surface area (Å²) in [5.74, 6) is 0.431. The first kappa shape index (κ1) is 16.0. The van der Waals surface area contributed by atoms with Gasteiger partial charge in [-0.2, -0.15) is 0 Å². The van der Waals surface area contributed by atoms with Crippen LogP contribution in [0, 0.1) is 12.8 Å². The molecule has 0 saturated heterocycles. The van der Waals surface area contributed by atoms with Gasteiger partial charge in [0.2, 0.25) is 0 Å². The average molecular weight is 316 g/mol. The standard InChI is InChI=1S/C15H25NO2S2/c1-4-16-14(15-11(2)8-9-19-15)12-6-5-7-13(10-12)20(3,17)18/h8-9,12-14,16H,4-7,10H2,1-3H3. The van der Waals surface area contributed by atoms with Crippen LogP contribution in [-0.4, -0.2) is 26.5 Å². The van der Waals surface area contributed by atoms with Crippen molar-refractivity contribution < 1.29 is 8.42 Å². The fourth-order valence-electron chi connectivity index (χ4n) is 3.27. The van der Waals surface area contributed by atoms with Gasteiger partial charge in [-0.15, -0.1) is 11.3 Å². The summed E-state index contributed by atoms with van der Waals surface area (Å²) in [6.07, 6.45) is 5.17. The maximum absolute atomic E-state index is 11.8. The van der Waals surface area contributed by atoms with Gasteiger partial charge in [0, 0.05) is 17.2 Å². The maximum atomic E-state index is 11.8. The molecule has 0 bridgehead atoms. The smallest absolute Gasteiger partial charge is 0.150 e. The fraction of sp³-hybridized carbons (Fsp3) is 0.733. The van der Waals surface area contributed by atoms with Crippen molar-refractivity contribution in [1.82, 2.24) is 5.32 Å². The summed E-state index contributed by atoms with van der Waals surface area (Å²) in [5.41, 5.74) is 1.32. The van der Waals surface area contributed by atoms with Crippen molar-refractivity contribution in [3.8, 4) is 0 Å². The van der Waals surface area contributed by atoms with E-state index in [1.54, 1.807) is 11.3 Å². The topological polar surface area (TPSA) is 46.2 Å². The normalized spacial score (nSPS) is 25.6. The molecule has 0 amide bonds. The molecule has 0 spiro atoms. The summed E-state index contributed by atoms with van der Waals surface area (Å²) in [5, 5.41) is 5.56. The Bertz CT molecular complexity index is 536. The van der Waals surface area contributed by atoms with Crippen LogP contribution in [0.15, 0.2) is 11.4 Å². The maximum Gasteiger partial charge on any atom is 0.150 e. The first-order valence-corrected chi connectivity index (χ1v) is 10.2. The summed E-state index contributed by atoms with van der Waals surface area (Å²) >= 11 is 1.79. The molecule has 0 aliphatic heterocycles. The largest absolute Gasteiger partial charge is 0.309 e. The van der Waals surface area contributed by atoms with E-state index in [2.05, 4.69) is 30.6 Å². The Morgan fingerprint density at radius 2 is 2.20 bits per heavy atom.